The monoisotopic (exact) mass is 463 g/mol. The van der Waals surface area contributed by atoms with Crippen LogP contribution in [0, 0.1) is 6.92 Å². The molecular formula is C24H30FN9. The van der Waals surface area contributed by atoms with Gasteiger partial charge in [0.25, 0.3) is 0 Å². The molecule has 6 rings (SSSR count). The Balaban J connectivity index is 1.30. The van der Waals surface area contributed by atoms with Gasteiger partial charge in [-0.25, -0.2) is 18.9 Å². The zero-order chi connectivity index (χ0) is 23.6. The summed E-state index contributed by atoms with van der Waals surface area (Å²) in [6.45, 7) is 7.60. The van der Waals surface area contributed by atoms with Gasteiger partial charge >= 0.3 is 0 Å². The number of likely N-dealkylation sites (tertiary alicyclic amines) is 1. The summed E-state index contributed by atoms with van der Waals surface area (Å²) in [6, 6.07) is 6.38. The number of hydrogen-bond donors (Lipinski definition) is 2. The van der Waals surface area contributed by atoms with Crippen molar-refractivity contribution in [1.82, 2.24) is 34.0 Å². The number of pyridine rings is 1. The lowest BCUT2D eigenvalue weighted by molar-refractivity contribution is 0.120. The van der Waals surface area contributed by atoms with Gasteiger partial charge in [0.1, 0.15) is 23.0 Å². The fourth-order valence-corrected chi connectivity index (χ4v) is 5.20. The number of nitrogens with two attached hydrogens (primary N) is 1. The highest BCUT2D eigenvalue weighted by Gasteiger charge is 2.37. The summed E-state index contributed by atoms with van der Waals surface area (Å²) in [5, 5.41) is 7.77. The third-order valence-electron chi connectivity index (χ3n) is 6.99. The molecule has 2 fully saturated rings. The van der Waals surface area contributed by atoms with Crippen LogP contribution in [-0.4, -0.2) is 65.4 Å². The fourth-order valence-electron chi connectivity index (χ4n) is 5.20. The van der Waals surface area contributed by atoms with E-state index in [1.165, 1.54) is 12.8 Å². The molecular weight excluding hydrogens is 433 g/mol. The van der Waals surface area contributed by atoms with Crippen LogP contribution >= 0.6 is 0 Å². The molecule has 34 heavy (non-hydrogen) atoms. The van der Waals surface area contributed by atoms with Crippen molar-refractivity contribution in [3.05, 3.63) is 30.2 Å². The maximum atomic E-state index is 14.8. The van der Waals surface area contributed by atoms with Crippen molar-refractivity contribution in [2.45, 2.75) is 64.3 Å². The van der Waals surface area contributed by atoms with Crippen LogP contribution in [0.2, 0.25) is 0 Å². The van der Waals surface area contributed by atoms with E-state index in [1.807, 2.05) is 31.3 Å². The quantitative estimate of drug-likeness (QED) is 0.466. The van der Waals surface area contributed by atoms with Gasteiger partial charge in [-0.05, 0) is 58.2 Å². The third-order valence-corrected chi connectivity index (χ3v) is 6.99. The molecule has 0 unspecified atom stereocenters. The predicted molar refractivity (Wildman–Crippen MR) is 131 cm³/mol. The molecule has 0 aromatic carbocycles. The highest BCUT2D eigenvalue weighted by atomic mass is 19.1. The van der Waals surface area contributed by atoms with E-state index in [9.17, 15) is 4.39 Å². The van der Waals surface area contributed by atoms with Gasteiger partial charge < -0.3 is 15.6 Å². The number of nitrogens with one attached hydrogen (secondary N) is 1. The van der Waals surface area contributed by atoms with Crippen molar-refractivity contribution >= 4 is 28.4 Å². The minimum absolute atomic E-state index is 0.246. The van der Waals surface area contributed by atoms with Gasteiger partial charge in [-0.3, -0.25) is 4.90 Å². The van der Waals surface area contributed by atoms with Crippen molar-refractivity contribution in [3.63, 3.8) is 0 Å². The topological polar surface area (TPSA) is 102 Å². The minimum atomic E-state index is -0.958. The zero-order valence-corrected chi connectivity index (χ0v) is 19.7. The second kappa shape index (κ2) is 7.90. The summed E-state index contributed by atoms with van der Waals surface area (Å²) in [5.41, 5.74) is 10.4. The lowest BCUT2D eigenvalue weighted by Crippen LogP contribution is -2.48. The van der Waals surface area contributed by atoms with Crippen molar-refractivity contribution < 1.29 is 4.39 Å². The maximum absolute atomic E-state index is 14.8. The normalized spacial score (nSPS) is 21.7. The standard InChI is InChI=1S/C24H30FN9/c1-13(2)34-14(3)27-20-7-6-18(28-23(20)34)16-8-11-33-21(16)22(26)30-24(31-33)29-19-9-10-32(12-17(19)25)15-4-5-15/h6-8,11,13,15,17,19H,4-5,9-10,12H2,1-3H3,(H3,26,29,30,31)/t17-,19+/m1/s1. The summed E-state index contributed by atoms with van der Waals surface area (Å²) in [5.74, 6) is 1.61. The Morgan fingerprint density at radius 2 is 1.94 bits per heavy atom. The molecule has 0 bridgehead atoms. The number of halogens is 1. The summed E-state index contributed by atoms with van der Waals surface area (Å²) < 4.78 is 18.6. The molecule has 3 N–H and O–H groups in total. The summed E-state index contributed by atoms with van der Waals surface area (Å²) in [4.78, 5) is 16.3. The van der Waals surface area contributed by atoms with Gasteiger partial charge in [0, 0.05) is 36.9 Å². The number of aryl methyl sites for hydroxylation is 1. The van der Waals surface area contributed by atoms with Crippen molar-refractivity contribution in [3.8, 4) is 11.3 Å². The average Bonchev–Trinajstić information content (AvgIpc) is 3.46. The Morgan fingerprint density at radius 3 is 2.68 bits per heavy atom. The number of aromatic nitrogens is 6. The van der Waals surface area contributed by atoms with Crippen LogP contribution in [0.5, 0.6) is 0 Å². The number of nitrogen functional groups attached to an aromatic ring is 1. The van der Waals surface area contributed by atoms with Crippen LogP contribution in [0.15, 0.2) is 24.4 Å². The number of alkyl halides is 1. The average molecular weight is 464 g/mol. The Morgan fingerprint density at radius 1 is 1.12 bits per heavy atom. The molecule has 1 saturated carbocycles. The molecule has 0 amide bonds. The Hall–Kier alpha value is -3.27. The predicted octanol–water partition coefficient (Wildman–Crippen LogP) is 3.60. The van der Waals surface area contributed by atoms with E-state index in [1.54, 1.807) is 4.52 Å². The minimum Gasteiger partial charge on any atom is -0.382 e. The molecule has 2 atom stereocenters. The van der Waals surface area contributed by atoms with Crippen LogP contribution in [0.4, 0.5) is 16.2 Å². The second-order valence-corrected chi connectivity index (χ2v) is 9.79. The number of imidazole rings is 1. The van der Waals surface area contributed by atoms with Crippen molar-refractivity contribution in [1.29, 1.82) is 0 Å². The van der Waals surface area contributed by atoms with E-state index in [0.29, 0.717) is 29.9 Å². The molecule has 178 valence electrons. The molecule has 1 saturated heterocycles. The van der Waals surface area contributed by atoms with Crippen LogP contribution in [0.1, 0.15) is 45.0 Å². The van der Waals surface area contributed by atoms with E-state index in [0.717, 1.165) is 41.2 Å². The van der Waals surface area contributed by atoms with Gasteiger partial charge in [0.15, 0.2) is 11.5 Å². The lowest BCUT2D eigenvalue weighted by atomic mass is 10.0. The van der Waals surface area contributed by atoms with Crippen LogP contribution in [0.3, 0.4) is 0 Å². The van der Waals surface area contributed by atoms with E-state index in [4.69, 9.17) is 10.7 Å². The van der Waals surface area contributed by atoms with Crippen molar-refractivity contribution in [2.75, 3.05) is 24.1 Å². The van der Waals surface area contributed by atoms with E-state index in [2.05, 4.69) is 43.7 Å². The summed E-state index contributed by atoms with van der Waals surface area (Å²) >= 11 is 0. The summed E-state index contributed by atoms with van der Waals surface area (Å²) in [7, 11) is 0. The number of anilines is 2. The molecule has 4 aromatic rings. The van der Waals surface area contributed by atoms with Gasteiger partial charge in [-0.2, -0.15) is 4.98 Å². The number of hydrogen-bond acceptors (Lipinski definition) is 7. The smallest absolute Gasteiger partial charge is 0.243 e. The number of nitrogens with zero attached hydrogens (tertiary/aromatic N) is 7. The summed E-state index contributed by atoms with van der Waals surface area (Å²) in [6.07, 6.45) is 3.99. The molecule has 1 aliphatic carbocycles. The lowest BCUT2D eigenvalue weighted by Gasteiger charge is -2.35. The van der Waals surface area contributed by atoms with Gasteiger partial charge in [0.2, 0.25) is 5.95 Å². The van der Waals surface area contributed by atoms with E-state index >= 15 is 0 Å². The van der Waals surface area contributed by atoms with Crippen LogP contribution in [-0.2, 0) is 0 Å². The first-order chi connectivity index (χ1) is 16.4. The number of piperidine rings is 1. The Kier molecular flexibility index (Phi) is 4.94. The number of rotatable bonds is 5. The highest BCUT2D eigenvalue weighted by molar-refractivity contribution is 5.88. The SMILES string of the molecule is Cc1nc2ccc(-c3ccn4nc(N[C@H]5CCN(C6CC6)C[C@H]5F)nc(N)c34)nc2n1C(C)C. The number of fused-ring (bicyclic) bond motifs is 2. The van der Waals surface area contributed by atoms with Gasteiger partial charge in [0.05, 0.1) is 11.7 Å². The third kappa shape index (κ3) is 3.56. The fraction of sp³-hybridized carbons (Fsp3) is 0.500. The molecule has 10 heteroatoms. The highest BCUT2D eigenvalue weighted by Crippen LogP contribution is 2.32. The Bertz CT molecular complexity index is 1370. The molecule has 0 radical (unpaired) electrons. The van der Waals surface area contributed by atoms with Crippen molar-refractivity contribution in [2.24, 2.45) is 0 Å². The zero-order valence-electron chi connectivity index (χ0n) is 19.7. The van der Waals surface area contributed by atoms with Gasteiger partial charge in [-0.15, -0.1) is 5.10 Å². The molecule has 2 aliphatic rings. The van der Waals surface area contributed by atoms with E-state index < -0.39 is 6.17 Å². The first-order valence-electron chi connectivity index (χ1n) is 12.0. The molecule has 1 aliphatic heterocycles. The molecule has 9 nitrogen and oxygen atoms in total. The molecule has 5 heterocycles. The second-order valence-electron chi connectivity index (χ2n) is 9.79. The maximum Gasteiger partial charge on any atom is 0.243 e. The largest absolute Gasteiger partial charge is 0.382 e. The van der Waals surface area contributed by atoms with Gasteiger partial charge in [-0.1, -0.05) is 0 Å². The van der Waals surface area contributed by atoms with Crippen LogP contribution in [0.25, 0.3) is 27.9 Å². The Labute approximate surface area is 197 Å². The molecule has 4 aromatic heterocycles. The molecule has 0 spiro atoms. The van der Waals surface area contributed by atoms with Crippen LogP contribution < -0.4 is 11.1 Å². The first-order valence-corrected chi connectivity index (χ1v) is 12.0. The first kappa shape index (κ1) is 21.3. The van der Waals surface area contributed by atoms with E-state index in [-0.39, 0.29) is 12.1 Å².